The van der Waals surface area contributed by atoms with E-state index < -0.39 is 23.5 Å². The Hall–Kier alpha value is -8.24. The third kappa shape index (κ3) is 7.48. The summed E-state index contributed by atoms with van der Waals surface area (Å²) in [5.74, 6) is -0.667. The molecule has 0 spiro atoms. The lowest BCUT2D eigenvalue weighted by Gasteiger charge is -2.37. The summed E-state index contributed by atoms with van der Waals surface area (Å²) < 4.78 is 9.34. The maximum absolute atomic E-state index is 14.8. The smallest absolute Gasteiger partial charge is 0.334 e. The molecule has 9 aromatic rings. The lowest BCUT2D eigenvalue weighted by molar-refractivity contribution is -0.154. The number of hydrogen-bond donors (Lipinski definition) is 0. The van der Waals surface area contributed by atoms with Crippen molar-refractivity contribution < 1.29 is 14.3 Å². The van der Waals surface area contributed by atoms with Crippen molar-refractivity contribution in [1.82, 2.24) is 34.7 Å². The number of ether oxygens (including phenoxy) is 1. The summed E-state index contributed by atoms with van der Waals surface area (Å²) in [7, 11) is 1.37. The predicted octanol–water partition coefficient (Wildman–Crippen LogP) is 9.52. The Labute approximate surface area is 377 Å². The molecule has 0 N–H and O–H groups in total. The van der Waals surface area contributed by atoms with Crippen LogP contribution in [0.5, 0.6) is 0 Å². The Morgan fingerprint density at radius 2 is 1.15 bits per heavy atom. The number of amides is 1. The van der Waals surface area contributed by atoms with Gasteiger partial charge in [0.05, 0.1) is 30.7 Å². The highest BCUT2D eigenvalue weighted by atomic mass is 16.5. The Bertz CT molecular complexity index is 2910. The van der Waals surface area contributed by atoms with Gasteiger partial charge in [0.15, 0.2) is 11.9 Å². The summed E-state index contributed by atoms with van der Waals surface area (Å²) in [5.41, 5.74) is 9.10. The Balaban J connectivity index is 0.995. The molecule has 0 aliphatic carbocycles. The molecule has 10 nitrogen and oxygen atoms in total. The third-order valence-corrected chi connectivity index (χ3v) is 12.5. The third-order valence-electron chi connectivity index (χ3n) is 12.5. The Kier molecular flexibility index (Phi) is 11.2. The molecular formula is C55H45N7O3. The lowest BCUT2D eigenvalue weighted by Crippen LogP contribution is -2.47. The van der Waals surface area contributed by atoms with E-state index in [2.05, 4.69) is 78.0 Å². The van der Waals surface area contributed by atoms with E-state index in [1.54, 1.807) is 11.2 Å². The van der Waals surface area contributed by atoms with Crippen molar-refractivity contribution >= 4 is 11.9 Å². The number of carbonyl (C=O) groups is 2. The lowest BCUT2D eigenvalue weighted by atomic mass is 9.77. The molecular weight excluding hydrogens is 807 g/mol. The fourth-order valence-electron chi connectivity index (χ4n) is 9.49. The van der Waals surface area contributed by atoms with Crippen molar-refractivity contribution in [3.05, 3.63) is 251 Å². The minimum Gasteiger partial charge on any atom is -0.467 e. The Morgan fingerprint density at radius 1 is 0.646 bits per heavy atom. The van der Waals surface area contributed by atoms with E-state index in [-0.39, 0.29) is 5.91 Å². The topological polar surface area (TPSA) is 108 Å². The van der Waals surface area contributed by atoms with E-state index in [9.17, 15) is 9.59 Å². The standard InChI is InChI=1S/C55H45N7O3/c1-65-54(64)51-50-48(35-36-61(51)53(63)49(41-19-7-2-8-20-41)42-21-9-3-10-22-42)56-38-60(50)37-39-31-33-40(34-32-39)46-29-17-18-30-47(46)52-57-58-59-62(52)55(43-23-11-4-12-24-43,44-25-13-5-14-26-44)45-27-15-6-16-28-45/h2-34,38,49,51H,35-37H2,1H3. The normalized spacial score (nSPS) is 13.6. The van der Waals surface area contributed by atoms with Gasteiger partial charge >= 0.3 is 5.97 Å². The number of fused-ring (bicyclic) bond motifs is 1. The van der Waals surface area contributed by atoms with E-state index in [0.717, 1.165) is 55.8 Å². The van der Waals surface area contributed by atoms with Crippen LogP contribution in [0.25, 0.3) is 22.5 Å². The molecule has 10 heteroatoms. The highest BCUT2D eigenvalue weighted by Gasteiger charge is 2.44. The van der Waals surface area contributed by atoms with Gasteiger partial charge in [0.1, 0.15) is 5.54 Å². The molecule has 0 saturated carbocycles. The van der Waals surface area contributed by atoms with Gasteiger partial charge in [-0.2, -0.15) is 0 Å². The summed E-state index contributed by atoms with van der Waals surface area (Å²) in [6.07, 6.45) is 2.27. The monoisotopic (exact) mass is 851 g/mol. The number of hydrogen-bond acceptors (Lipinski definition) is 7. The van der Waals surface area contributed by atoms with Crippen molar-refractivity contribution in [2.75, 3.05) is 13.7 Å². The number of imidazole rings is 1. The van der Waals surface area contributed by atoms with Crippen LogP contribution in [-0.4, -0.2) is 60.2 Å². The molecule has 2 aromatic heterocycles. The second kappa shape index (κ2) is 17.9. The number of esters is 1. The second-order valence-electron chi connectivity index (χ2n) is 16.1. The first-order valence-corrected chi connectivity index (χ1v) is 21.7. The molecule has 1 amide bonds. The van der Waals surface area contributed by atoms with Crippen molar-refractivity contribution in [3.8, 4) is 22.5 Å². The molecule has 3 heterocycles. The molecule has 10 rings (SSSR count). The fourth-order valence-corrected chi connectivity index (χ4v) is 9.49. The largest absolute Gasteiger partial charge is 0.467 e. The average molecular weight is 852 g/mol. The highest BCUT2D eigenvalue weighted by molar-refractivity contribution is 5.92. The molecule has 7 aromatic carbocycles. The molecule has 0 bridgehead atoms. The molecule has 1 unspecified atom stereocenters. The average Bonchev–Trinajstić information content (AvgIpc) is 4.04. The number of nitrogens with zero attached hydrogens (tertiary/aromatic N) is 7. The number of rotatable bonds is 12. The van der Waals surface area contributed by atoms with Gasteiger partial charge in [-0.3, -0.25) is 4.79 Å². The van der Waals surface area contributed by atoms with E-state index in [1.807, 2.05) is 137 Å². The van der Waals surface area contributed by atoms with E-state index in [0.29, 0.717) is 31.0 Å². The number of benzene rings is 7. The van der Waals surface area contributed by atoms with Gasteiger partial charge in [0.25, 0.3) is 0 Å². The summed E-state index contributed by atoms with van der Waals surface area (Å²) in [6, 6.07) is 66.1. The summed E-state index contributed by atoms with van der Waals surface area (Å²) in [5, 5.41) is 13.9. The number of methoxy groups -OCH3 is 1. The quantitative estimate of drug-likeness (QED) is 0.0891. The van der Waals surface area contributed by atoms with Crippen LogP contribution in [-0.2, 0) is 32.8 Å². The maximum atomic E-state index is 14.8. The van der Waals surface area contributed by atoms with Crippen LogP contribution in [0.2, 0.25) is 0 Å². The minimum absolute atomic E-state index is 0.168. The molecule has 0 saturated heterocycles. The summed E-state index contributed by atoms with van der Waals surface area (Å²) in [6.45, 7) is 0.756. The van der Waals surface area contributed by atoms with Crippen molar-refractivity contribution in [2.45, 2.75) is 30.5 Å². The molecule has 0 radical (unpaired) electrons. The number of aromatic nitrogens is 6. The second-order valence-corrected chi connectivity index (χ2v) is 16.1. The van der Waals surface area contributed by atoms with Gasteiger partial charge in [0, 0.05) is 25.1 Å². The summed E-state index contributed by atoms with van der Waals surface area (Å²) in [4.78, 5) is 35.1. The van der Waals surface area contributed by atoms with Crippen molar-refractivity contribution in [1.29, 1.82) is 0 Å². The molecule has 1 atom stereocenters. The Morgan fingerprint density at radius 3 is 1.69 bits per heavy atom. The van der Waals surface area contributed by atoms with Crippen LogP contribution >= 0.6 is 0 Å². The van der Waals surface area contributed by atoms with Gasteiger partial charge in [0.2, 0.25) is 5.91 Å². The first-order chi connectivity index (χ1) is 32.1. The zero-order valence-electron chi connectivity index (χ0n) is 35.8. The van der Waals surface area contributed by atoms with Crippen LogP contribution < -0.4 is 0 Å². The van der Waals surface area contributed by atoms with Crippen LogP contribution in [0.1, 0.15) is 56.7 Å². The predicted molar refractivity (Wildman–Crippen MR) is 250 cm³/mol. The molecule has 1 aliphatic heterocycles. The van der Waals surface area contributed by atoms with Gasteiger partial charge in [-0.05, 0) is 54.9 Å². The molecule has 65 heavy (non-hydrogen) atoms. The number of tetrazole rings is 1. The molecule has 318 valence electrons. The SMILES string of the molecule is COC(=O)C1c2c(ncn2Cc2ccc(-c3ccccc3-c3nnnn3C(c3ccccc3)(c3ccccc3)c3ccccc3)cc2)CCN1C(=O)C(c1ccccc1)c1ccccc1. The van der Waals surface area contributed by atoms with Crippen LogP contribution in [0.4, 0.5) is 0 Å². The van der Waals surface area contributed by atoms with Gasteiger partial charge < -0.3 is 14.2 Å². The number of carbonyl (C=O) groups excluding carboxylic acids is 2. The zero-order chi connectivity index (χ0) is 44.2. The van der Waals surface area contributed by atoms with Gasteiger partial charge in [-0.15, -0.1) is 5.10 Å². The minimum atomic E-state index is -0.972. The van der Waals surface area contributed by atoms with Crippen LogP contribution in [0, 0.1) is 0 Å². The van der Waals surface area contributed by atoms with Crippen LogP contribution in [0.3, 0.4) is 0 Å². The van der Waals surface area contributed by atoms with Crippen LogP contribution in [0.15, 0.2) is 207 Å². The van der Waals surface area contributed by atoms with E-state index in [4.69, 9.17) is 20.0 Å². The van der Waals surface area contributed by atoms with Gasteiger partial charge in [-0.1, -0.05) is 200 Å². The van der Waals surface area contributed by atoms with E-state index >= 15 is 0 Å². The maximum Gasteiger partial charge on any atom is 0.334 e. The van der Waals surface area contributed by atoms with Crippen molar-refractivity contribution in [2.24, 2.45) is 0 Å². The first-order valence-electron chi connectivity index (χ1n) is 21.7. The van der Waals surface area contributed by atoms with E-state index in [1.165, 1.54) is 7.11 Å². The highest BCUT2D eigenvalue weighted by Crippen LogP contribution is 2.44. The first kappa shape index (κ1) is 40.8. The zero-order valence-corrected chi connectivity index (χ0v) is 35.8. The molecule has 0 fully saturated rings. The summed E-state index contributed by atoms with van der Waals surface area (Å²) >= 11 is 0. The van der Waals surface area contributed by atoms with Gasteiger partial charge in [-0.25, -0.2) is 14.5 Å². The molecule has 1 aliphatic rings. The van der Waals surface area contributed by atoms with Crippen molar-refractivity contribution in [3.63, 3.8) is 0 Å². The fraction of sp³-hybridized carbons (Fsp3) is 0.127.